The van der Waals surface area contributed by atoms with E-state index in [2.05, 4.69) is 10.5 Å². The van der Waals surface area contributed by atoms with Gasteiger partial charge in [0, 0.05) is 24.6 Å². The number of anilines is 1. The minimum absolute atomic E-state index is 0.100. The lowest BCUT2D eigenvalue weighted by Crippen LogP contribution is -2.35. The summed E-state index contributed by atoms with van der Waals surface area (Å²) in [7, 11) is 1.40. The van der Waals surface area contributed by atoms with Crippen LogP contribution in [0.4, 0.5) is 16.2 Å². The van der Waals surface area contributed by atoms with Gasteiger partial charge in [-0.2, -0.15) is 0 Å². The number of hydrogen-bond donors (Lipinski definition) is 1. The van der Waals surface area contributed by atoms with Gasteiger partial charge in [-0.1, -0.05) is 12.1 Å². The van der Waals surface area contributed by atoms with Gasteiger partial charge in [-0.05, 0) is 25.8 Å². The van der Waals surface area contributed by atoms with Gasteiger partial charge in [0.2, 0.25) is 0 Å². The Kier molecular flexibility index (Phi) is 5.29. The number of ether oxygens (including phenoxy) is 1. The first-order valence-corrected chi connectivity index (χ1v) is 8.81. The Morgan fingerprint density at radius 2 is 2.30 bits per heavy atom. The number of nitro groups is 1. The predicted octanol–water partition coefficient (Wildman–Crippen LogP) is 3.83. The molecule has 1 N–H and O–H groups in total. The maximum atomic E-state index is 12.9. The molecular weight excluding hydrogens is 352 g/mol. The van der Waals surface area contributed by atoms with E-state index in [0.717, 1.165) is 29.9 Å². The molecule has 0 radical (unpaired) electrons. The third-order valence-corrected chi connectivity index (χ3v) is 4.79. The van der Waals surface area contributed by atoms with Crippen LogP contribution in [0.25, 0.3) is 0 Å². The Bertz CT molecular complexity index is 863. The molecule has 27 heavy (non-hydrogen) atoms. The number of aromatic nitrogens is 1. The highest BCUT2D eigenvalue weighted by Crippen LogP contribution is 2.37. The summed E-state index contributed by atoms with van der Waals surface area (Å²) in [6, 6.07) is 3.71. The minimum atomic E-state index is -0.508. The average molecular weight is 374 g/mol. The normalized spacial score (nSPS) is 16.4. The van der Waals surface area contributed by atoms with Crippen molar-refractivity contribution in [3.8, 4) is 5.75 Å². The largest absolute Gasteiger partial charge is 0.494 e. The van der Waals surface area contributed by atoms with Crippen molar-refractivity contribution in [1.29, 1.82) is 0 Å². The molecular formula is C18H22N4O5. The van der Waals surface area contributed by atoms with E-state index in [1.165, 1.54) is 25.3 Å². The van der Waals surface area contributed by atoms with E-state index in [1.54, 1.807) is 4.90 Å². The van der Waals surface area contributed by atoms with Crippen molar-refractivity contribution in [2.45, 2.75) is 39.2 Å². The zero-order valence-electron chi connectivity index (χ0n) is 15.5. The van der Waals surface area contributed by atoms with Crippen LogP contribution in [0, 0.1) is 17.0 Å². The number of carbonyl (C=O) groups excluding carboxylic acids is 1. The number of amides is 2. The number of nitro benzene ring substituents is 1. The fourth-order valence-corrected chi connectivity index (χ4v) is 3.50. The maximum absolute atomic E-state index is 12.9. The molecule has 1 aromatic carbocycles. The second-order valence-corrected chi connectivity index (χ2v) is 6.38. The number of aryl methyl sites for hydroxylation is 2. The molecule has 1 aromatic heterocycles. The first-order valence-electron chi connectivity index (χ1n) is 8.81. The Hall–Kier alpha value is -3.10. The molecule has 1 fully saturated rings. The van der Waals surface area contributed by atoms with Crippen molar-refractivity contribution in [3.05, 3.63) is 45.3 Å². The number of rotatable bonds is 5. The van der Waals surface area contributed by atoms with Gasteiger partial charge in [0.1, 0.15) is 11.5 Å². The molecule has 1 aliphatic rings. The number of benzene rings is 1. The van der Waals surface area contributed by atoms with Gasteiger partial charge in [-0.15, -0.1) is 0 Å². The van der Waals surface area contributed by atoms with Gasteiger partial charge in [0.25, 0.3) is 5.69 Å². The second-order valence-electron chi connectivity index (χ2n) is 6.38. The fourth-order valence-electron chi connectivity index (χ4n) is 3.50. The quantitative estimate of drug-likeness (QED) is 0.629. The standard InChI is InChI=1S/C18H22N4O5/c1-4-15-17(11(2)20-27-15)14-6-5-9-21(14)18(23)19-13-8-7-12(22(24)25)10-16(13)26-3/h7-8,10,14H,4-6,9H2,1-3H3,(H,19,23)/t14-/m0/s1. The summed E-state index contributed by atoms with van der Waals surface area (Å²) >= 11 is 0. The molecule has 2 amide bonds. The van der Waals surface area contributed by atoms with Crippen LogP contribution in [-0.4, -0.2) is 34.7 Å². The lowest BCUT2D eigenvalue weighted by atomic mass is 10.0. The molecule has 9 nitrogen and oxygen atoms in total. The molecule has 1 saturated heterocycles. The van der Waals surface area contributed by atoms with Crippen LogP contribution < -0.4 is 10.1 Å². The minimum Gasteiger partial charge on any atom is -0.494 e. The highest BCUT2D eigenvalue weighted by Gasteiger charge is 2.34. The number of methoxy groups -OCH3 is 1. The zero-order valence-corrected chi connectivity index (χ0v) is 15.5. The molecule has 3 rings (SSSR count). The van der Waals surface area contributed by atoms with Gasteiger partial charge in [0.05, 0.1) is 35.5 Å². The lowest BCUT2D eigenvalue weighted by molar-refractivity contribution is -0.384. The van der Waals surface area contributed by atoms with Crippen LogP contribution in [0.5, 0.6) is 5.75 Å². The molecule has 0 aliphatic carbocycles. The third-order valence-electron chi connectivity index (χ3n) is 4.79. The van der Waals surface area contributed by atoms with Gasteiger partial charge in [-0.3, -0.25) is 10.1 Å². The maximum Gasteiger partial charge on any atom is 0.322 e. The first-order chi connectivity index (χ1) is 13.0. The van der Waals surface area contributed by atoms with Crippen molar-refractivity contribution in [1.82, 2.24) is 10.1 Å². The molecule has 0 saturated carbocycles. The van der Waals surface area contributed by atoms with E-state index in [9.17, 15) is 14.9 Å². The van der Waals surface area contributed by atoms with Crippen LogP contribution in [-0.2, 0) is 6.42 Å². The second kappa shape index (κ2) is 7.65. The Balaban J connectivity index is 1.83. The van der Waals surface area contributed by atoms with Gasteiger partial charge in [0.15, 0.2) is 0 Å². The average Bonchev–Trinajstić information content (AvgIpc) is 3.27. The van der Waals surface area contributed by atoms with E-state index in [4.69, 9.17) is 9.26 Å². The van der Waals surface area contributed by atoms with E-state index in [0.29, 0.717) is 18.7 Å². The molecule has 0 bridgehead atoms. The number of urea groups is 1. The van der Waals surface area contributed by atoms with Crippen LogP contribution >= 0.6 is 0 Å². The fraction of sp³-hybridized carbons (Fsp3) is 0.444. The Morgan fingerprint density at radius 1 is 1.52 bits per heavy atom. The monoisotopic (exact) mass is 374 g/mol. The topological polar surface area (TPSA) is 111 Å². The van der Waals surface area contributed by atoms with E-state index < -0.39 is 4.92 Å². The van der Waals surface area contributed by atoms with Crippen molar-refractivity contribution < 1.29 is 19.0 Å². The smallest absolute Gasteiger partial charge is 0.322 e. The van der Waals surface area contributed by atoms with E-state index in [-0.39, 0.29) is 23.5 Å². The molecule has 2 aromatic rings. The summed E-state index contributed by atoms with van der Waals surface area (Å²) < 4.78 is 10.6. The predicted molar refractivity (Wildman–Crippen MR) is 98.0 cm³/mol. The number of nitrogens with one attached hydrogen (secondary N) is 1. The Morgan fingerprint density at radius 3 is 2.96 bits per heavy atom. The summed E-state index contributed by atoms with van der Waals surface area (Å²) in [5.74, 6) is 1.04. The number of nitrogens with zero attached hydrogens (tertiary/aromatic N) is 3. The summed E-state index contributed by atoms with van der Waals surface area (Å²) in [6.07, 6.45) is 2.42. The molecule has 2 heterocycles. The van der Waals surface area contributed by atoms with Crippen LogP contribution in [0.15, 0.2) is 22.7 Å². The number of likely N-dealkylation sites (tertiary alicyclic amines) is 1. The zero-order chi connectivity index (χ0) is 19.6. The molecule has 144 valence electrons. The van der Waals surface area contributed by atoms with Crippen molar-refractivity contribution in [2.75, 3.05) is 19.0 Å². The molecule has 1 aliphatic heterocycles. The van der Waals surface area contributed by atoms with Crippen LogP contribution in [0.3, 0.4) is 0 Å². The molecule has 1 atom stereocenters. The summed E-state index contributed by atoms with van der Waals surface area (Å²) in [4.78, 5) is 25.1. The van der Waals surface area contributed by atoms with E-state index in [1.807, 2.05) is 13.8 Å². The van der Waals surface area contributed by atoms with Gasteiger partial charge in [-0.25, -0.2) is 4.79 Å². The lowest BCUT2D eigenvalue weighted by Gasteiger charge is -2.25. The Labute approximate surface area is 156 Å². The van der Waals surface area contributed by atoms with Crippen molar-refractivity contribution in [2.24, 2.45) is 0 Å². The van der Waals surface area contributed by atoms with Gasteiger partial charge < -0.3 is 19.5 Å². The number of non-ortho nitro benzene ring substituents is 1. The van der Waals surface area contributed by atoms with E-state index >= 15 is 0 Å². The number of carbonyl (C=O) groups is 1. The molecule has 0 spiro atoms. The summed E-state index contributed by atoms with van der Waals surface area (Å²) in [6.45, 7) is 4.48. The number of hydrogen-bond acceptors (Lipinski definition) is 6. The van der Waals surface area contributed by atoms with Gasteiger partial charge >= 0.3 is 6.03 Å². The van der Waals surface area contributed by atoms with Crippen LogP contribution in [0.2, 0.25) is 0 Å². The highest BCUT2D eigenvalue weighted by molar-refractivity contribution is 5.91. The van der Waals surface area contributed by atoms with Crippen molar-refractivity contribution >= 4 is 17.4 Å². The first kappa shape index (κ1) is 18.7. The summed E-state index contributed by atoms with van der Waals surface area (Å²) in [5.41, 5.74) is 2.05. The molecule has 9 heteroatoms. The highest BCUT2D eigenvalue weighted by atomic mass is 16.6. The SMILES string of the molecule is CCc1onc(C)c1[C@@H]1CCCN1C(=O)Nc1ccc([N+](=O)[O-])cc1OC. The van der Waals surface area contributed by atoms with Crippen molar-refractivity contribution in [3.63, 3.8) is 0 Å². The third kappa shape index (κ3) is 3.57. The summed E-state index contributed by atoms with van der Waals surface area (Å²) in [5, 5.41) is 17.8. The van der Waals surface area contributed by atoms with Crippen LogP contribution in [0.1, 0.15) is 42.8 Å². The molecule has 0 unspecified atom stereocenters.